The zero-order valence-corrected chi connectivity index (χ0v) is 16.4. The summed E-state index contributed by atoms with van der Waals surface area (Å²) in [6.07, 6.45) is 1.18. The van der Waals surface area contributed by atoms with Gasteiger partial charge in [-0.15, -0.1) is 24.0 Å². The third-order valence-corrected chi connectivity index (χ3v) is 4.13. The first kappa shape index (κ1) is 19.2. The molecule has 0 radical (unpaired) electrons. The van der Waals surface area contributed by atoms with E-state index in [1.54, 1.807) is 7.11 Å². The summed E-state index contributed by atoms with van der Waals surface area (Å²) in [7, 11) is 3.63. The lowest BCUT2D eigenvalue weighted by molar-refractivity contribution is 0.157. The first-order valence-electron chi connectivity index (χ1n) is 7.64. The molecular formula is C17H28IN3O. The topological polar surface area (TPSA) is 36.9 Å². The molecule has 0 saturated carbocycles. The van der Waals surface area contributed by atoms with Crippen molar-refractivity contribution in [2.24, 2.45) is 10.9 Å². The smallest absolute Gasteiger partial charge is 0.193 e. The minimum atomic E-state index is 0. The van der Waals surface area contributed by atoms with E-state index in [1.165, 1.54) is 23.1 Å². The summed E-state index contributed by atoms with van der Waals surface area (Å²) in [5.41, 5.74) is 3.97. The van der Waals surface area contributed by atoms with E-state index in [0.29, 0.717) is 5.92 Å². The third kappa shape index (κ3) is 5.12. The summed E-state index contributed by atoms with van der Waals surface area (Å²) in [6.45, 7) is 8.04. The highest BCUT2D eigenvalue weighted by atomic mass is 127. The van der Waals surface area contributed by atoms with Gasteiger partial charge in [-0.2, -0.15) is 0 Å². The van der Waals surface area contributed by atoms with Gasteiger partial charge in [0, 0.05) is 39.7 Å². The van der Waals surface area contributed by atoms with Crippen LogP contribution >= 0.6 is 24.0 Å². The zero-order valence-electron chi connectivity index (χ0n) is 14.1. The average molecular weight is 417 g/mol. The predicted molar refractivity (Wildman–Crippen MR) is 103 cm³/mol. The van der Waals surface area contributed by atoms with Crippen LogP contribution in [-0.2, 0) is 11.3 Å². The summed E-state index contributed by atoms with van der Waals surface area (Å²) in [5.74, 6) is 1.61. The number of aliphatic imine (C=N–C) groups is 1. The highest BCUT2D eigenvalue weighted by Gasteiger charge is 2.24. The number of methoxy groups -OCH3 is 1. The number of nitrogens with zero attached hydrogens (tertiary/aromatic N) is 2. The Bertz CT molecular complexity index is 505. The SMILES string of the molecule is CN=C(NCc1ccc(C)cc1C)N1CCC(COC)C1.I. The fourth-order valence-corrected chi connectivity index (χ4v) is 2.95. The molecule has 1 unspecified atom stereocenters. The van der Waals surface area contributed by atoms with Gasteiger partial charge in [-0.1, -0.05) is 23.8 Å². The van der Waals surface area contributed by atoms with Crippen LogP contribution in [0.4, 0.5) is 0 Å². The first-order chi connectivity index (χ1) is 10.1. The number of aryl methyl sites for hydroxylation is 2. The van der Waals surface area contributed by atoms with Crippen LogP contribution in [0.1, 0.15) is 23.1 Å². The lowest BCUT2D eigenvalue weighted by Crippen LogP contribution is -2.40. The number of likely N-dealkylation sites (tertiary alicyclic amines) is 1. The normalized spacial score (nSPS) is 18.3. The Morgan fingerprint density at radius 2 is 2.18 bits per heavy atom. The second-order valence-corrected chi connectivity index (χ2v) is 5.89. The minimum Gasteiger partial charge on any atom is -0.384 e. The second-order valence-electron chi connectivity index (χ2n) is 5.89. The first-order valence-corrected chi connectivity index (χ1v) is 7.64. The fraction of sp³-hybridized carbons (Fsp3) is 0.588. The number of halogens is 1. The van der Waals surface area contributed by atoms with Gasteiger partial charge in [0.05, 0.1) is 6.61 Å². The minimum absolute atomic E-state index is 0. The van der Waals surface area contributed by atoms with Gasteiger partial charge in [0.1, 0.15) is 0 Å². The third-order valence-electron chi connectivity index (χ3n) is 4.13. The molecule has 1 aliphatic heterocycles. The molecule has 0 spiro atoms. The van der Waals surface area contributed by atoms with Crippen molar-refractivity contribution in [3.63, 3.8) is 0 Å². The summed E-state index contributed by atoms with van der Waals surface area (Å²) in [6, 6.07) is 6.59. The van der Waals surface area contributed by atoms with Gasteiger partial charge in [0.15, 0.2) is 5.96 Å². The summed E-state index contributed by atoms with van der Waals surface area (Å²) >= 11 is 0. The van der Waals surface area contributed by atoms with E-state index in [4.69, 9.17) is 4.74 Å². The molecule has 1 saturated heterocycles. The molecule has 0 aliphatic carbocycles. The molecule has 1 N–H and O–H groups in total. The van der Waals surface area contributed by atoms with Crippen LogP contribution in [0.25, 0.3) is 0 Å². The van der Waals surface area contributed by atoms with E-state index in [0.717, 1.165) is 32.2 Å². The molecule has 1 aromatic carbocycles. The summed E-state index contributed by atoms with van der Waals surface area (Å²) in [4.78, 5) is 6.74. The summed E-state index contributed by atoms with van der Waals surface area (Å²) < 4.78 is 5.26. The van der Waals surface area contributed by atoms with Crippen molar-refractivity contribution >= 4 is 29.9 Å². The molecular weight excluding hydrogens is 389 g/mol. The maximum atomic E-state index is 5.26. The van der Waals surface area contributed by atoms with Crippen molar-refractivity contribution in [1.29, 1.82) is 0 Å². The van der Waals surface area contributed by atoms with E-state index in [9.17, 15) is 0 Å². The van der Waals surface area contributed by atoms with Gasteiger partial charge in [-0.05, 0) is 31.4 Å². The van der Waals surface area contributed by atoms with Crippen LogP contribution in [0.5, 0.6) is 0 Å². The zero-order chi connectivity index (χ0) is 15.2. The average Bonchev–Trinajstić information content (AvgIpc) is 2.90. The predicted octanol–water partition coefficient (Wildman–Crippen LogP) is 2.97. The molecule has 0 amide bonds. The Morgan fingerprint density at radius 3 is 2.82 bits per heavy atom. The van der Waals surface area contributed by atoms with Crippen molar-refractivity contribution in [3.8, 4) is 0 Å². The Hall–Kier alpha value is -0.820. The highest BCUT2D eigenvalue weighted by molar-refractivity contribution is 14.0. The monoisotopic (exact) mass is 417 g/mol. The molecule has 1 aromatic rings. The quantitative estimate of drug-likeness (QED) is 0.465. The van der Waals surface area contributed by atoms with E-state index in [1.807, 2.05) is 7.05 Å². The number of guanidine groups is 1. The molecule has 124 valence electrons. The summed E-state index contributed by atoms with van der Waals surface area (Å²) in [5, 5.41) is 3.49. The van der Waals surface area contributed by atoms with Crippen molar-refractivity contribution in [2.75, 3.05) is 33.9 Å². The molecule has 4 nitrogen and oxygen atoms in total. The number of hydrogen-bond acceptors (Lipinski definition) is 2. The van der Waals surface area contributed by atoms with Crippen LogP contribution in [0, 0.1) is 19.8 Å². The van der Waals surface area contributed by atoms with E-state index >= 15 is 0 Å². The van der Waals surface area contributed by atoms with Crippen LogP contribution < -0.4 is 5.32 Å². The van der Waals surface area contributed by atoms with Gasteiger partial charge in [-0.25, -0.2) is 0 Å². The number of hydrogen-bond donors (Lipinski definition) is 1. The van der Waals surface area contributed by atoms with Gasteiger partial charge in [0.2, 0.25) is 0 Å². The maximum Gasteiger partial charge on any atom is 0.193 e. The molecule has 1 atom stereocenters. The Morgan fingerprint density at radius 1 is 1.41 bits per heavy atom. The molecule has 22 heavy (non-hydrogen) atoms. The van der Waals surface area contributed by atoms with E-state index in [-0.39, 0.29) is 24.0 Å². The number of ether oxygens (including phenoxy) is 1. The Labute approximate surface area is 151 Å². The van der Waals surface area contributed by atoms with E-state index < -0.39 is 0 Å². The molecule has 5 heteroatoms. The van der Waals surface area contributed by atoms with Crippen molar-refractivity contribution in [1.82, 2.24) is 10.2 Å². The van der Waals surface area contributed by atoms with E-state index in [2.05, 4.69) is 47.3 Å². The lowest BCUT2D eigenvalue weighted by atomic mass is 10.1. The van der Waals surface area contributed by atoms with Crippen LogP contribution in [-0.4, -0.2) is 44.7 Å². The largest absolute Gasteiger partial charge is 0.384 e. The van der Waals surface area contributed by atoms with Gasteiger partial charge < -0.3 is 15.0 Å². The number of benzene rings is 1. The van der Waals surface area contributed by atoms with Crippen LogP contribution in [0.2, 0.25) is 0 Å². The molecule has 2 rings (SSSR count). The van der Waals surface area contributed by atoms with Crippen LogP contribution in [0.3, 0.4) is 0 Å². The standard InChI is InChI=1S/C17H27N3O.HI/c1-13-5-6-16(14(2)9-13)10-19-17(18-3)20-8-7-15(11-20)12-21-4;/h5-6,9,15H,7-8,10-12H2,1-4H3,(H,18,19);1H. The highest BCUT2D eigenvalue weighted by Crippen LogP contribution is 2.17. The number of rotatable bonds is 4. The van der Waals surface area contributed by atoms with Crippen molar-refractivity contribution in [2.45, 2.75) is 26.8 Å². The maximum absolute atomic E-state index is 5.26. The van der Waals surface area contributed by atoms with Gasteiger partial charge >= 0.3 is 0 Å². The van der Waals surface area contributed by atoms with Crippen LogP contribution in [0.15, 0.2) is 23.2 Å². The molecule has 1 heterocycles. The van der Waals surface area contributed by atoms with Crippen molar-refractivity contribution < 1.29 is 4.74 Å². The van der Waals surface area contributed by atoms with Gasteiger partial charge in [-0.3, -0.25) is 4.99 Å². The van der Waals surface area contributed by atoms with Crippen molar-refractivity contribution in [3.05, 3.63) is 34.9 Å². The Balaban J connectivity index is 0.00000242. The number of nitrogens with one attached hydrogen (secondary N) is 1. The lowest BCUT2D eigenvalue weighted by Gasteiger charge is -2.22. The fourth-order valence-electron chi connectivity index (χ4n) is 2.95. The molecule has 0 bridgehead atoms. The van der Waals surface area contributed by atoms with Gasteiger partial charge in [0.25, 0.3) is 0 Å². The second kappa shape index (κ2) is 9.35. The molecule has 0 aromatic heterocycles. The molecule has 1 aliphatic rings. The molecule has 1 fully saturated rings. The Kier molecular flexibility index (Phi) is 8.17.